The first kappa shape index (κ1) is 18.3. The van der Waals surface area contributed by atoms with Crippen LogP contribution >= 0.6 is 0 Å². The van der Waals surface area contributed by atoms with Gasteiger partial charge in [0.15, 0.2) is 11.6 Å². The van der Waals surface area contributed by atoms with E-state index in [-0.39, 0.29) is 18.4 Å². The number of aromatic nitrogens is 3. The van der Waals surface area contributed by atoms with Gasteiger partial charge in [-0.2, -0.15) is 0 Å². The molecule has 2 aromatic heterocycles. The highest BCUT2D eigenvalue weighted by molar-refractivity contribution is 5.76. The molecule has 0 atom stereocenters. The highest BCUT2D eigenvalue weighted by Crippen LogP contribution is 2.53. The molecule has 0 unspecified atom stereocenters. The number of anilines is 1. The molecule has 3 aromatic rings. The van der Waals surface area contributed by atoms with Gasteiger partial charge >= 0.3 is 12.1 Å². The van der Waals surface area contributed by atoms with Crippen LogP contribution in [0.1, 0.15) is 30.4 Å². The predicted molar refractivity (Wildman–Crippen MR) is 104 cm³/mol. The molecular formula is C21H18FN5O3. The van der Waals surface area contributed by atoms with Crippen molar-refractivity contribution < 1.29 is 18.7 Å². The van der Waals surface area contributed by atoms with E-state index in [0.717, 1.165) is 24.8 Å². The van der Waals surface area contributed by atoms with Crippen LogP contribution in [0, 0.1) is 5.82 Å². The number of hydrogen-bond acceptors (Lipinski definition) is 7. The van der Waals surface area contributed by atoms with Gasteiger partial charge in [-0.3, -0.25) is 4.90 Å². The van der Waals surface area contributed by atoms with Gasteiger partial charge < -0.3 is 15.2 Å². The summed E-state index contributed by atoms with van der Waals surface area (Å²) >= 11 is 0. The largest absolute Gasteiger partial charge is 0.424 e. The normalized spacial score (nSPS) is 16.6. The summed E-state index contributed by atoms with van der Waals surface area (Å²) in [6.45, 7) is 0.0485. The molecule has 152 valence electrons. The summed E-state index contributed by atoms with van der Waals surface area (Å²) in [4.78, 5) is 26.3. The zero-order valence-electron chi connectivity index (χ0n) is 15.9. The number of nitrogens with zero attached hydrogens (tertiary/aromatic N) is 4. The lowest BCUT2D eigenvalue weighted by atomic mass is 9.69. The minimum absolute atomic E-state index is 0.0485. The van der Waals surface area contributed by atoms with E-state index >= 15 is 0 Å². The van der Waals surface area contributed by atoms with Gasteiger partial charge in [-0.15, -0.1) is 0 Å². The van der Waals surface area contributed by atoms with Crippen molar-refractivity contribution in [1.82, 2.24) is 19.9 Å². The van der Waals surface area contributed by atoms with Crippen LogP contribution in [0.4, 0.5) is 15.0 Å². The molecule has 30 heavy (non-hydrogen) atoms. The maximum Gasteiger partial charge on any atom is 0.416 e. The molecule has 9 heteroatoms. The van der Waals surface area contributed by atoms with E-state index in [1.165, 1.54) is 12.3 Å². The Balaban J connectivity index is 1.48. The van der Waals surface area contributed by atoms with Crippen LogP contribution in [0.3, 0.4) is 0 Å². The van der Waals surface area contributed by atoms with Crippen LogP contribution in [-0.2, 0) is 12.1 Å². The molecule has 0 radical (unpaired) electrons. The van der Waals surface area contributed by atoms with E-state index in [1.807, 2.05) is 6.07 Å². The van der Waals surface area contributed by atoms with Crippen molar-refractivity contribution in [1.29, 1.82) is 0 Å². The third-order valence-corrected chi connectivity index (χ3v) is 5.65. The second-order valence-electron chi connectivity index (χ2n) is 7.30. The minimum atomic E-state index is -0.614. The molecular weight excluding hydrogens is 389 g/mol. The highest BCUT2D eigenvalue weighted by Gasteiger charge is 2.51. The smallest absolute Gasteiger partial charge is 0.416 e. The molecule has 1 aliphatic carbocycles. The molecule has 0 saturated heterocycles. The minimum Gasteiger partial charge on any atom is -0.424 e. The van der Waals surface area contributed by atoms with Crippen LogP contribution in [0.25, 0.3) is 0 Å². The van der Waals surface area contributed by atoms with E-state index in [1.54, 1.807) is 35.5 Å². The first-order valence-electron chi connectivity index (χ1n) is 9.54. The first-order valence-corrected chi connectivity index (χ1v) is 9.54. The number of ether oxygens (including phenoxy) is 2. The number of hydrogen-bond donors (Lipinski definition) is 1. The zero-order chi connectivity index (χ0) is 20.7. The van der Waals surface area contributed by atoms with Crippen molar-refractivity contribution in [2.75, 3.05) is 5.73 Å². The number of carbonyl (C=O) groups excluding carboxylic acids is 1. The number of nitrogen functional groups attached to an aromatic ring is 1. The van der Waals surface area contributed by atoms with Gasteiger partial charge in [0.05, 0.1) is 12.1 Å². The highest BCUT2D eigenvalue weighted by atomic mass is 19.1. The van der Waals surface area contributed by atoms with Crippen molar-refractivity contribution in [2.45, 2.75) is 31.3 Å². The summed E-state index contributed by atoms with van der Waals surface area (Å²) in [5.74, 6) is 0.0887. The molecule has 8 nitrogen and oxygen atoms in total. The number of amides is 1. The molecule has 5 rings (SSSR count). The van der Waals surface area contributed by atoms with Crippen molar-refractivity contribution in [2.24, 2.45) is 0 Å². The Morgan fingerprint density at radius 2 is 1.97 bits per heavy atom. The Labute approximate surface area is 171 Å². The zero-order valence-corrected chi connectivity index (χ0v) is 15.9. The molecule has 1 spiro atoms. The van der Waals surface area contributed by atoms with Gasteiger partial charge in [-0.05, 0) is 43.5 Å². The summed E-state index contributed by atoms with van der Waals surface area (Å²) in [5.41, 5.74) is 6.21. The van der Waals surface area contributed by atoms with Crippen molar-refractivity contribution in [3.63, 3.8) is 0 Å². The Kier molecular flexibility index (Phi) is 4.23. The number of pyridine rings is 1. The van der Waals surface area contributed by atoms with E-state index < -0.39 is 17.4 Å². The Bertz CT molecular complexity index is 1120. The fraction of sp³-hybridized carbons (Fsp3) is 0.238. The maximum absolute atomic E-state index is 14.4. The molecule has 2 aliphatic rings. The SMILES string of the molecule is Nc1nccc(CN2C(=O)Oc3cc(Oc4ncccn4)ccc3C23CCC3)c1F. The number of halogens is 1. The predicted octanol–water partition coefficient (Wildman–Crippen LogP) is 3.78. The van der Waals surface area contributed by atoms with Gasteiger partial charge in [0.25, 0.3) is 0 Å². The van der Waals surface area contributed by atoms with E-state index in [2.05, 4.69) is 15.0 Å². The van der Waals surface area contributed by atoms with Gasteiger partial charge in [0, 0.05) is 35.8 Å². The fourth-order valence-corrected chi connectivity index (χ4v) is 4.01. The summed E-state index contributed by atoms with van der Waals surface area (Å²) in [6.07, 6.45) is 6.53. The quantitative estimate of drug-likeness (QED) is 0.702. The standard InChI is InChI=1S/C21H18FN5O3/c22-17-13(5-10-24-18(17)23)12-27-20(28)30-16-11-14(29-19-25-8-2-9-26-19)3-4-15(16)21(27)6-1-7-21/h2-5,8-11H,1,6-7,12H2,(H2,23,24). The average Bonchev–Trinajstić information content (AvgIpc) is 2.71. The summed E-state index contributed by atoms with van der Waals surface area (Å²) in [5, 5.41) is 0. The topological polar surface area (TPSA) is 103 Å². The fourth-order valence-electron chi connectivity index (χ4n) is 4.01. The van der Waals surface area contributed by atoms with E-state index in [9.17, 15) is 9.18 Å². The number of fused-ring (bicyclic) bond motifs is 2. The molecule has 1 aromatic carbocycles. The van der Waals surface area contributed by atoms with Crippen LogP contribution in [-0.4, -0.2) is 25.9 Å². The lowest BCUT2D eigenvalue weighted by Gasteiger charge is -2.52. The van der Waals surface area contributed by atoms with Crippen LogP contribution in [0.15, 0.2) is 48.9 Å². The number of nitrogens with two attached hydrogens (primary N) is 1. The Morgan fingerprint density at radius 3 is 2.70 bits per heavy atom. The molecule has 1 amide bonds. The van der Waals surface area contributed by atoms with Crippen LogP contribution in [0.2, 0.25) is 0 Å². The van der Waals surface area contributed by atoms with Crippen molar-refractivity contribution in [3.8, 4) is 17.5 Å². The average molecular weight is 407 g/mol. The van der Waals surface area contributed by atoms with Crippen LogP contribution in [0.5, 0.6) is 17.5 Å². The number of rotatable bonds is 4. The monoisotopic (exact) mass is 407 g/mol. The van der Waals surface area contributed by atoms with Crippen molar-refractivity contribution in [3.05, 3.63) is 65.9 Å². The van der Waals surface area contributed by atoms with E-state index in [4.69, 9.17) is 15.2 Å². The molecule has 2 N–H and O–H groups in total. The second-order valence-corrected chi connectivity index (χ2v) is 7.30. The second kappa shape index (κ2) is 6.94. The number of carbonyl (C=O) groups is 1. The summed E-state index contributed by atoms with van der Waals surface area (Å²) in [6, 6.07) is 8.74. The number of benzene rings is 1. The van der Waals surface area contributed by atoms with Gasteiger partial charge in [-0.25, -0.2) is 24.1 Å². The molecule has 3 heterocycles. The molecule has 1 saturated carbocycles. The lowest BCUT2D eigenvalue weighted by Crippen LogP contribution is -2.57. The van der Waals surface area contributed by atoms with Crippen molar-refractivity contribution >= 4 is 11.9 Å². The first-order chi connectivity index (χ1) is 14.6. The van der Waals surface area contributed by atoms with Gasteiger partial charge in [0.2, 0.25) is 0 Å². The maximum atomic E-state index is 14.4. The molecule has 0 bridgehead atoms. The van der Waals surface area contributed by atoms with Crippen LogP contribution < -0.4 is 15.2 Å². The van der Waals surface area contributed by atoms with E-state index in [0.29, 0.717) is 17.1 Å². The third kappa shape index (κ3) is 2.90. The summed E-state index contributed by atoms with van der Waals surface area (Å²) in [7, 11) is 0. The summed E-state index contributed by atoms with van der Waals surface area (Å²) < 4.78 is 25.7. The van der Waals surface area contributed by atoms with Gasteiger partial charge in [-0.1, -0.05) is 0 Å². The Morgan fingerprint density at radius 1 is 1.17 bits per heavy atom. The molecule has 1 fully saturated rings. The lowest BCUT2D eigenvalue weighted by molar-refractivity contribution is 0.00112. The third-order valence-electron chi connectivity index (χ3n) is 5.65. The van der Waals surface area contributed by atoms with Gasteiger partial charge in [0.1, 0.15) is 11.5 Å². The Hall–Kier alpha value is -3.75. The molecule has 1 aliphatic heterocycles.